The van der Waals surface area contributed by atoms with Crippen LogP contribution in [0.15, 0.2) is 110 Å². The molecule has 2 fully saturated rings. The van der Waals surface area contributed by atoms with Crippen molar-refractivity contribution in [2.75, 3.05) is 44.7 Å². The monoisotopic (exact) mass is 940 g/mol. The van der Waals surface area contributed by atoms with Crippen molar-refractivity contribution in [3.8, 4) is 0 Å². The number of aliphatic hydroxyl groups is 5. The summed E-state index contributed by atoms with van der Waals surface area (Å²) < 4.78 is 70.1. The summed E-state index contributed by atoms with van der Waals surface area (Å²) in [6.07, 6.45) is 6.53. The number of benzene rings is 2. The zero-order chi connectivity index (χ0) is 52.3. The fourth-order valence-electron chi connectivity index (χ4n) is 6.18. The zero-order valence-corrected chi connectivity index (χ0v) is 37.7. The highest BCUT2D eigenvalue weighted by Gasteiger charge is 2.43. The van der Waals surface area contributed by atoms with Crippen LogP contribution in [0.2, 0.25) is 0 Å². The van der Waals surface area contributed by atoms with Crippen LogP contribution in [-0.2, 0) is 9.47 Å². The molecule has 0 radical (unpaired) electrons. The van der Waals surface area contributed by atoms with Crippen molar-refractivity contribution >= 4 is 45.8 Å². The summed E-state index contributed by atoms with van der Waals surface area (Å²) >= 11 is 0. The van der Waals surface area contributed by atoms with Gasteiger partial charge in [-0.2, -0.15) is 0 Å². The van der Waals surface area contributed by atoms with Gasteiger partial charge in [0, 0.05) is 39.9 Å². The number of ether oxygens (including phenoxy) is 2. The van der Waals surface area contributed by atoms with Crippen molar-refractivity contribution < 1.29 is 56.1 Å². The minimum atomic E-state index is -1.28. The van der Waals surface area contributed by atoms with E-state index in [0.29, 0.717) is 33.5 Å². The number of imidazole rings is 2. The van der Waals surface area contributed by atoms with E-state index in [1.54, 1.807) is 74.5 Å². The Morgan fingerprint density at radius 2 is 1.06 bits per heavy atom. The van der Waals surface area contributed by atoms with Crippen LogP contribution in [-0.4, -0.2) is 138 Å². The number of halogens is 2. The normalized spacial score (nSPS) is 22.4. The molecular formula is C46H60F2N10O9. The molecule has 6 heterocycles. The van der Waals surface area contributed by atoms with Gasteiger partial charge in [0.25, 0.3) is 11.8 Å². The molecule has 6 aromatic rings. The molecule has 0 bridgehead atoms. The van der Waals surface area contributed by atoms with Crippen molar-refractivity contribution in [1.29, 1.82) is 2.86 Å². The van der Waals surface area contributed by atoms with Crippen LogP contribution in [0.4, 0.5) is 20.4 Å². The van der Waals surface area contributed by atoms with Crippen LogP contribution in [0, 0.1) is 11.8 Å². The number of amides is 2. The summed E-state index contributed by atoms with van der Waals surface area (Å²) in [6.45, 7) is 5.48. The molecule has 19 nitrogen and oxygen atoms in total. The number of nitrogens with one attached hydrogen (secondary N) is 2. The number of allylic oxidation sites excluding steroid dienone is 1. The molecule has 0 aliphatic carbocycles. The first-order valence-electron chi connectivity index (χ1n) is 22.9. The van der Waals surface area contributed by atoms with E-state index in [2.05, 4.69) is 50.8 Å². The molecule has 0 spiro atoms. The third kappa shape index (κ3) is 14.5. The standard InChI is InChI=1S/2C18H18FN5O2.C4H8O2.C4H8O.2CH4O/c2*1-10-11(2)26-18(13(10)19)24-9-22-14-15(20-8-21-16(14)24)23-17(25)12-6-4-3-5-7-12;5-3-1-2-4-6;1-2-3-4-5;2*1-2/h2*3-11,13,18H,1-2H3,(H,20,21,23,25);1-2,5-6H,3-4H2;2-3,5H,4H2,1H3;2*2H,1H3/b;;2-1+;3-2+;;/t2*10-,11-,13-,18?;;;;/m11..../s1/i2*2D;;;2*2T. The van der Waals surface area contributed by atoms with Gasteiger partial charge in [0.05, 0.1) is 44.7 Å². The lowest BCUT2D eigenvalue weighted by Gasteiger charge is -2.15. The average Bonchev–Trinajstić information content (AvgIpc) is 4.16. The van der Waals surface area contributed by atoms with E-state index in [-0.39, 0.29) is 57.1 Å². The zero-order valence-electron chi connectivity index (χ0n) is 41.7. The number of alkyl halides is 2. The van der Waals surface area contributed by atoms with E-state index < -0.39 is 48.8 Å². The molecule has 67 heavy (non-hydrogen) atoms. The number of nitrogens with zero attached hydrogens (tertiary/aromatic N) is 8. The summed E-state index contributed by atoms with van der Waals surface area (Å²) in [4.78, 5) is 49.8. The number of hydrogen-bond acceptors (Lipinski definition) is 15. The van der Waals surface area contributed by atoms with Crippen molar-refractivity contribution in [2.45, 2.75) is 71.6 Å². The first-order chi connectivity index (χ1) is 34.3. The lowest BCUT2D eigenvalue weighted by atomic mass is 10.0. The Hall–Kier alpha value is -6.46. The second-order valence-corrected chi connectivity index (χ2v) is 14.1. The molecule has 2 amide bonds. The first kappa shape index (κ1) is 48.5. The van der Waals surface area contributed by atoms with Crippen LogP contribution in [0.3, 0.4) is 0 Å². The van der Waals surface area contributed by atoms with Crippen molar-refractivity contribution in [2.24, 2.45) is 11.8 Å². The summed E-state index contributed by atoms with van der Waals surface area (Å²) in [7, 11) is 2.58. The van der Waals surface area contributed by atoms with Crippen LogP contribution >= 0.6 is 0 Å². The largest absolute Gasteiger partial charge is 0.400 e. The molecule has 2 aromatic carbocycles. The summed E-state index contributed by atoms with van der Waals surface area (Å²) in [5.41, 5.74) is 2.38. The molecule has 2 aliphatic rings. The molecule has 8 atom stereocenters. The second kappa shape index (κ2) is 28.5. The molecule has 4 aromatic heterocycles. The van der Waals surface area contributed by atoms with Gasteiger partial charge in [0.2, 0.25) is 2.86 Å². The first-order valence-corrected chi connectivity index (χ1v) is 20.7. The van der Waals surface area contributed by atoms with E-state index in [9.17, 15) is 18.4 Å². The second-order valence-electron chi connectivity index (χ2n) is 14.1. The Balaban J connectivity index is 0.000000285. The van der Waals surface area contributed by atoms with E-state index in [4.69, 9.17) is 30.4 Å². The Labute approximate surface area is 392 Å². The lowest BCUT2D eigenvalue weighted by molar-refractivity contribution is -0.0103. The van der Waals surface area contributed by atoms with Gasteiger partial charge in [-0.3, -0.25) is 18.7 Å². The number of rotatable bonds is 9. The molecule has 362 valence electrons. The molecular weight excluding hydrogens is 875 g/mol. The molecule has 7 N–H and O–H groups in total. The number of fused-ring (bicyclic) bond motifs is 2. The quantitative estimate of drug-likeness (QED) is 0.0915. The smallest absolute Gasteiger partial charge is 0.256 e. The predicted octanol–water partition coefficient (Wildman–Crippen LogP) is 5.24. The molecule has 0 saturated carbocycles. The Morgan fingerprint density at radius 3 is 1.36 bits per heavy atom. The number of aromatic nitrogens is 8. The van der Waals surface area contributed by atoms with Crippen LogP contribution in [0.5, 0.6) is 0 Å². The maximum absolute atomic E-state index is 14.7. The van der Waals surface area contributed by atoms with Gasteiger partial charge in [0.1, 0.15) is 12.7 Å². The van der Waals surface area contributed by atoms with E-state index in [0.717, 1.165) is 0 Å². The minimum Gasteiger partial charge on any atom is -0.400 e. The molecule has 2 unspecified atom stereocenters. The van der Waals surface area contributed by atoms with E-state index >= 15 is 0 Å². The number of carbonyl (C=O) groups excluding carboxylic acids is 2. The Kier molecular flexibility index (Phi) is 20.7. The number of anilines is 2. The summed E-state index contributed by atoms with van der Waals surface area (Å²) in [6, 6.07) is 17.5. The van der Waals surface area contributed by atoms with Gasteiger partial charge >= 0.3 is 0 Å². The Bertz CT molecular complexity index is 2370. The maximum atomic E-state index is 14.7. The lowest BCUT2D eigenvalue weighted by Crippen LogP contribution is -2.19. The van der Waals surface area contributed by atoms with Crippen LogP contribution in [0.1, 0.15) is 70.5 Å². The highest BCUT2D eigenvalue weighted by molar-refractivity contribution is 6.07. The highest BCUT2D eigenvalue weighted by Crippen LogP contribution is 2.38. The fraction of sp³-hybridized carbons (Fsp3) is 0.391. The molecule has 8 rings (SSSR count). The number of hydrogen-bond donors (Lipinski definition) is 7. The van der Waals surface area contributed by atoms with Gasteiger partial charge in [-0.1, -0.05) is 74.5 Å². The van der Waals surface area contributed by atoms with Crippen molar-refractivity contribution in [3.63, 3.8) is 0 Å². The highest BCUT2D eigenvalue weighted by atomic mass is 19.1. The molecule has 2 saturated heterocycles. The van der Waals surface area contributed by atoms with Crippen molar-refractivity contribution in [3.05, 3.63) is 121 Å². The SMILES string of the molecule is C/C=C/CO.OC/C=C/CO.[2H]C[C@H]1OC(n2cnc3c(NC(=O)c4ccccc4)ncnc32)[C@H](F)[C@@H]1C.[2H]C[C@H]1OC(n2cnc3c(NC(=O)c4ccccc4)ncnc32)[C@H](F)[C@@H]1C.[3H]OC.[3H]OC. The third-order valence-electron chi connectivity index (χ3n) is 9.87. The predicted molar refractivity (Wildman–Crippen MR) is 248 cm³/mol. The van der Waals surface area contributed by atoms with Gasteiger partial charge in [-0.05, 0) is 45.0 Å². The topological polar surface area (TPSA) is 265 Å². The van der Waals surface area contributed by atoms with Gasteiger partial charge in [-0.25, -0.2) is 38.7 Å². The van der Waals surface area contributed by atoms with Crippen LogP contribution in [0.25, 0.3) is 22.3 Å². The van der Waals surface area contributed by atoms with E-state index in [1.165, 1.54) is 60.8 Å². The van der Waals surface area contributed by atoms with Crippen LogP contribution < -0.4 is 10.6 Å². The molecule has 2 aliphatic heterocycles. The van der Waals surface area contributed by atoms with Crippen molar-refractivity contribution in [1.82, 2.24) is 39.0 Å². The molecule has 21 heteroatoms. The number of carbonyl (C=O) groups is 2. The van der Waals surface area contributed by atoms with Gasteiger partial charge in [0.15, 0.2) is 58.8 Å². The average molecular weight is 941 g/mol. The van der Waals surface area contributed by atoms with E-state index in [1.807, 2.05) is 19.1 Å². The van der Waals surface area contributed by atoms with Gasteiger partial charge < -0.3 is 45.6 Å². The Morgan fingerprint density at radius 1 is 0.687 bits per heavy atom. The maximum Gasteiger partial charge on any atom is 0.256 e. The fourth-order valence-corrected chi connectivity index (χ4v) is 6.18. The number of aliphatic hydroxyl groups excluding tert-OH is 5. The van der Waals surface area contributed by atoms with Gasteiger partial charge in [-0.15, -0.1) is 0 Å². The minimum absolute atomic E-state index is 0.0144. The third-order valence-corrected chi connectivity index (χ3v) is 9.87. The summed E-state index contributed by atoms with van der Waals surface area (Å²) in [5, 5.41) is 36.4. The summed E-state index contributed by atoms with van der Waals surface area (Å²) in [5.74, 6) is -0.965.